The van der Waals surface area contributed by atoms with Gasteiger partial charge in [-0.25, -0.2) is 4.39 Å². The highest BCUT2D eigenvalue weighted by Crippen LogP contribution is 2.33. The van der Waals surface area contributed by atoms with Crippen molar-refractivity contribution in [1.82, 2.24) is 4.90 Å². The van der Waals surface area contributed by atoms with E-state index in [0.29, 0.717) is 5.69 Å². The maximum Gasteiger partial charge on any atom is 0.419 e. The summed E-state index contributed by atoms with van der Waals surface area (Å²) in [4.78, 5) is 2.17. The fourth-order valence-corrected chi connectivity index (χ4v) is 2.22. The molecule has 1 heterocycles. The number of piperidine rings is 1. The number of hydrogen-bond donors (Lipinski definition) is 1. The summed E-state index contributed by atoms with van der Waals surface area (Å²) in [5.74, 6) is -1.23. The molecule has 106 valence electrons. The van der Waals surface area contributed by atoms with Crippen LogP contribution in [0.2, 0.25) is 0 Å². The lowest BCUT2D eigenvalue weighted by atomic mass is 10.0. The third-order valence-electron chi connectivity index (χ3n) is 3.36. The van der Waals surface area contributed by atoms with Gasteiger partial charge in [0.15, 0.2) is 0 Å². The average Bonchev–Trinajstić information content (AvgIpc) is 2.33. The lowest BCUT2D eigenvalue weighted by molar-refractivity contribution is -0.139. The zero-order chi connectivity index (χ0) is 14.0. The van der Waals surface area contributed by atoms with Crippen LogP contribution >= 0.6 is 0 Å². The normalized spacial score (nSPS) is 18.6. The van der Waals surface area contributed by atoms with E-state index in [2.05, 4.69) is 10.2 Å². The standard InChI is InChI=1S/C13H16F4N2/c1-19-6-4-9(5-7-19)18-10-2-3-12(14)11(8-10)13(15,16)17/h2-3,8-9,18H,4-7H2,1H3. The Morgan fingerprint density at radius 2 is 1.84 bits per heavy atom. The molecule has 1 fully saturated rings. The molecule has 2 nitrogen and oxygen atoms in total. The number of likely N-dealkylation sites (tertiary alicyclic amines) is 1. The lowest BCUT2D eigenvalue weighted by Gasteiger charge is -2.30. The van der Waals surface area contributed by atoms with E-state index in [9.17, 15) is 17.6 Å². The van der Waals surface area contributed by atoms with Crippen LogP contribution in [0.1, 0.15) is 18.4 Å². The quantitative estimate of drug-likeness (QED) is 0.833. The Morgan fingerprint density at radius 1 is 1.21 bits per heavy atom. The van der Waals surface area contributed by atoms with E-state index >= 15 is 0 Å². The van der Waals surface area contributed by atoms with E-state index in [-0.39, 0.29) is 6.04 Å². The minimum Gasteiger partial charge on any atom is -0.382 e. The van der Waals surface area contributed by atoms with Gasteiger partial charge in [-0.3, -0.25) is 0 Å². The van der Waals surface area contributed by atoms with E-state index in [1.54, 1.807) is 0 Å². The molecule has 0 aliphatic carbocycles. The number of halogens is 4. The number of nitrogens with one attached hydrogen (secondary N) is 1. The van der Waals surface area contributed by atoms with Gasteiger partial charge in [0, 0.05) is 11.7 Å². The zero-order valence-electron chi connectivity index (χ0n) is 10.6. The van der Waals surface area contributed by atoms with Crippen LogP contribution in [0.15, 0.2) is 18.2 Å². The third-order valence-corrected chi connectivity index (χ3v) is 3.36. The molecule has 1 N–H and O–H groups in total. The van der Waals surface area contributed by atoms with Crippen LogP contribution in [-0.2, 0) is 6.18 Å². The number of anilines is 1. The van der Waals surface area contributed by atoms with Gasteiger partial charge < -0.3 is 10.2 Å². The van der Waals surface area contributed by atoms with Crippen LogP contribution in [0.3, 0.4) is 0 Å². The topological polar surface area (TPSA) is 15.3 Å². The monoisotopic (exact) mass is 276 g/mol. The molecule has 1 aromatic rings. The predicted octanol–water partition coefficient (Wildman–Crippen LogP) is 3.35. The number of hydrogen-bond acceptors (Lipinski definition) is 2. The number of alkyl halides is 3. The fraction of sp³-hybridized carbons (Fsp3) is 0.538. The number of nitrogens with zero attached hydrogens (tertiary/aromatic N) is 1. The van der Waals surface area contributed by atoms with Crippen molar-refractivity contribution in [3.8, 4) is 0 Å². The summed E-state index contributed by atoms with van der Waals surface area (Å²) in [5, 5.41) is 3.05. The maximum atomic E-state index is 13.1. The minimum absolute atomic E-state index is 0.141. The molecule has 0 spiro atoms. The van der Waals surface area contributed by atoms with Crippen molar-refractivity contribution in [2.75, 3.05) is 25.5 Å². The molecule has 19 heavy (non-hydrogen) atoms. The highest BCUT2D eigenvalue weighted by molar-refractivity contribution is 5.47. The van der Waals surface area contributed by atoms with Gasteiger partial charge in [-0.15, -0.1) is 0 Å². The Kier molecular flexibility index (Phi) is 3.99. The molecule has 0 radical (unpaired) electrons. The van der Waals surface area contributed by atoms with Crippen LogP contribution in [0.25, 0.3) is 0 Å². The van der Waals surface area contributed by atoms with Gasteiger partial charge in [-0.05, 0) is 51.2 Å². The largest absolute Gasteiger partial charge is 0.419 e. The summed E-state index contributed by atoms with van der Waals surface area (Å²) in [5.41, 5.74) is -0.895. The summed E-state index contributed by atoms with van der Waals surface area (Å²) < 4.78 is 50.9. The van der Waals surface area contributed by atoms with Crippen LogP contribution in [0.5, 0.6) is 0 Å². The van der Waals surface area contributed by atoms with Crippen molar-refractivity contribution in [1.29, 1.82) is 0 Å². The van der Waals surface area contributed by atoms with E-state index in [1.165, 1.54) is 6.07 Å². The van der Waals surface area contributed by atoms with Gasteiger partial charge in [0.1, 0.15) is 5.82 Å². The molecule has 6 heteroatoms. The predicted molar refractivity (Wildman–Crippen MR) is 65.5 cm³/mol. The van der Waals surface area contributed by atoms with Crippen molar-refractivity contribution in [3.63, 3.8) is 0 Å². The van der Waals surface area contributed by atoms with E-state index in [1.807, 2.05) is 7.05 Å². The van der Waals surface area contributed by atoms with Crippen molar-refractivity contribution in [3.05, 3.63) is 29.6 Å². The fourth-order valence-electron chi connectivity index (χ4n) is 2.22. The van der Waals surface area contributed by atoms with Crippen molar-refractivity contribution in [2.45, 2.75) is 25.1 Å². The summed E-state index contributed by atoms with van der Waals surface area (Å²) in [6.45, 7) is 1.82. The molecule has 1 aliphatic heterocycles. The summed E-state index contributed by atoms with van der Waals surface area (Å²) >= 11 is 0. The van der Waals surface area contributed by atoms with Crippen LogP contribution in [-0.4, -0.2) is 31.1 Å². The summed E-state index contributed by atoms with van der Waals surface area (Å²) in [6.07, 6.45) is -2.92. The van der Waals surface area contributed by atoms with Gasteiger partial charge in [-0.1, -0.05) is 0 Å². The molecule has 1 aliphatic rings. The second-order valence-corrected chi connectivity index (χ2v) is 4.91. The first kappa shape index (κ1) is 14.1. The Balaban J connectivity index is 2.09. The maximum absolute atomic E-state index is 13.1. The van der Waals surface area contributed by atoms with E-state index < -0.39 is 17.6 Å². The average molecular weight is 276 g/mol. The first-order valence-corrected chi connectivity index (χ1v) is 6.18. The molecule has 2 rings (SSSR count). The second kappa shape index (κ2) is 5.36. The molecular weight excluding hydrogens is 260 g/mol. The van der Waals surface area contributed by atoms with E-state index in [4.69, 9.17) is 0 Å². The highest BCUT2D eigenvalue weighted by Gasteiger charge is 2.34. The minimum atomic E-state index is -4.66. The first-order chi connectivity index (χ1) is 8.86. The highest BCUT2D eigenvalue weighted by atomic mass is 19.4. The summed E-state index contributed by atoms with van der Waals surface area (Å²) in [7, 11) is 2.01. The molecule has 0 amide bonds. The molecule has 0 aromatic heterocycles. The second-order valence-electron chi connectivity index (χ2n) is 4.91. The summed E-state index contributed by atoms with van der Waals surface area (Å²) in [6, 6.07) is 3.19. The van der Waals surface area contributed by atoms with Crippen molar-refractivity contribution in [2.24, 2.45) is 0 Å². The Morgan fingerprint density at radius 3 is 2.42 bits per heavy atom. The van der Waals surface area contributed by atoms with Gasteiger partial charge in [0.2, 0.25) is 0 Å². The SMILES string of the molecule is CN1CCC(Nc2ccc(F)c(C(F)(F)F)c2)CC1. The molecule has 0 atom stereocenters. The Labute approximate surface area is 109 Å². The number of rotatable bonds is 2. The van der Waals surface area contributed by atoms with Crippen molar-refractivity contribution < 1.29 is 17.6 Å². The molecule has 0 unspecified atom stereocenters. The Hall–Kier alpha value is -1.30. The van der Waals surface area contributed by atoms with Crippen LogP contribution in [0, 0.1) is 5.82 Å². The van der Waals surface area contributed by atoms with Gasteiger partial charge in [0.05, 0.1) is 5.56 Å². The Bertz CT molecular complexity index is 437. The number of benzene rings is 1. The first-order valence-electron chi connectivity index (χ1n) is 6.18. The van der Waals surface area contributed by atoms with Gasteiger partial charge >= 0.3 is 6.18 Å². The lowest BCUT2D eigenvalue weighted by Crippen LogP contribution is -2.36. The molecule has 0 bridgehead atoms. The van der Waals surface area contributed by atoms with Crippen LogP contribution in [0.4, 0.5) is 23.2 Å². The molecule has 0 saturated carbocycles. The smallest absolute Gasteiger partial charge is 0.382 e. The van der Waals surface area contributed by atoms with E-state index in [0.717, 1.165) is 38.1 Å². The zero-order valence-corrected chi connectivity index (χ0v) is 10.6. The third kappa shape index (κ3) is 3.59. The molecule has 1 saturated heterocycles. The van der Waals surface area contributed by atoms with Crippen LogP contribution < -0.4 is 5.32 Å². The van der Waals surface area contributed by atoms with Crippen molar-refractivity contribution >= 4 is 5.69 Å². The molecular formula is C13H16F4N2. The van der Waals surface area contributed by atoms with Gasteiger partial charge in [0.25, 0.3) is 0 Å². The molecule has 1 aromatic carbocycles. The van der Waals surface area contributed by atoms with Gasteiger partial charge in [-0.2, -0.15) is 13.2 Å².